The van der Waals surface area contributed by atoms with Gasteiger partial charge in [0.05, 0.1) is 6.61 Å². The first-order valence-electron chi connectivity index (χ1n) is 8.71. The summed E-state index contributed by atoms with van der Waals surface area (Å²) in [5.41, 5.74) is -0.0626. The van der Waals surface area contributed by atoms with Crippen LogP contribution in [0, 0.1) is 0 Å². The molecule has 0 spiro atoms. The maximum atomic E-state index is 9.96. The van der Waals surface area contributed by atoms with Crippen molar-refractivity contribution in [3.63, 3.8) is 0 Å². The van der Waals surface area contributed by atoms with Gasteiger partial charge in [0, 0.05) is 42.8 Å². The Hall–Kier alpha value is -0.160. The molecular formula is C17H35N3O. The van der Waals surface area contributed by atoms with Gasteiger partial charge in [-0.25, -0.2) is 0 Å². The molecule has 124 valence electrons. The van der Waals surface area contributed by atoms with Crippen molar-refractivity contribution in [1.82, 2.24) is 15.1 Å². The zero-order valence-electron chi connectivity index (χ0n) is 14.6. The number of nitrogens with zero attached hydrogens (tertiary/aromatic N) is 2. The number of piperazine rings is 1. The minimum absolute atomic E-state index is 0.0626. The van der Waals surface area contributed by atoms with Gasteiger partial charge in [0.2, 0.25) is 0 Å². The second kappa shape index (κ2) is 6.95. The maximum absolute atomic E-state index is 9.96. The molecule has 1 saturated carbocycles. The van der Waals surface area contributed by atoms with Crippen molar-refractivity contribution in [3.05, 3.63) is 0 Å². The van der Waals surface area contributed by atoms with E-state index in [0.29, 0.717) is 24.2 Å². The molecular weight excluding hydrogens is 262 g/mol. The molecule has 0 aromatic heterocycles. The van der Waals surface area contributed by atoms with E-state index in [1.807, 2.05) is 0 Å². The van der Waals surface area contributed by atoms with Crippen LogP contribution in [-0.2, 0) is 0 Å². The van der Waals surface area contributed by atoms with Crippen LogP contribution < -0.4 is 5.32 Å². The van der Waals surface area contributed by atoms with Gasteiger partial charge in [0.15, 0.2) is 0 Å². The fraction of sp³-hybridized carbons (Fsp3) is 1.00. The highest BCUT2D eigenvalue weighted by Crippen LogP contribution is 2.33. The minimum Gasteiger partial charge on any atom is -0.394 e. The number of hydrogen-bond donors (Lipinski definition) is 2. The second-order valence-corrected chi connectivity index (χ2v) is 7.81. The Kier molecular flexibility index (Phi) is 5.69. The number of hydrogen-bond acceptors (Lipinski definition) is 4. The Balaban J connectivity index is 2.03. The Morgan fingerprint density at radius 2 is 1.86 bits per heavy atom. The van der Waals surface area contributed by atoms with Crippen LogP contribution in [0.5, 0.6) is 0 Å². The minimum atomic E-state index is -0.0626. The van der Waals surface area contributed by atoms with Crippen molar-refractivity contribution in [1.29, 1.82) is 0 Å². The molecule has 0 amide bonds. The van der Waals surface area contributed by atoms with E-state index in [-0.39, 0.29) is 12.1 Å². The van der Waals surface area contributed by atoms with Crippen LogP contribution in [0.3, 0.4) is 0 Å². The van der Waals surface area contributed by atoms with Crippen LogP contribution in [0.25, 0.3) is 0 Å². The molecule has 0 bridgehead atoms. The third kappa shape index (κ3) is 3.98. The largest absolute Gasteiger partial charge is 0.394 e. The van der Waals surface area contributed by atoms with Crippen LogP contribution >= 0.6 is 0 Å². The first kappa shape index (κ1) is 17.2. The van der Waals surface area contributed by atoms with Crippen LogP contribution in [0.4, 0.5) is 0 Å². The van der Waals surface area contributed by atoms with Crippen molar-refractivity contribution < 1.29 is 5.11 Å². The van der Waals surface area contributed by atoms with E-state index in [1.165, 1.54) is 12.8 Å². The molecule has 4 unspecified atom stereocenters. The fourth-order valence-corrected chi connectivity index (χ4v) is 4.32. The molecule has 0 aromatic rings. The SMILES string of the molecule is CC(C)NC1(CO)CCCC(N2CC(C)N(C)C(C)C2)C1. The highest BCUT2D eigenvalue weighted by atomic mass is 16.3. The Labute approximate surface area is 130 Å². The molecule has 2 fully saturated rings. The van der Waals surface area contributed by atoms with Gasteiger partial charge in [-0.05, 0) is 46.6 Å². The smallest absolute Gasteiger partial charge is 0.0613 e. The third-order valence-corrected chi connectivity index (χ3v) is 5.62. The lowest BCUT2D eigenvalue weighted by Crippen LogP contribution is -2.62. The fourth-order valence-electron chi connectivity index (χ4n) is 4.32. The molecule has 1 aliphatic carbocycles. The zero-order valence-corrected chi connectivity index (χ0v) is 14.6. The highest BCUT2D eigenvalue weighted by Gasteiger charge is 2.40. The molecule has 4 heteroatoms. The predicted molar refractivity (Wildman–Crippen MR) is 88.6 cm³/mol. The number of aliphatic hydroxyl groups is 1. The molecule has 1 aliphatic heterocycles. The van der Waals surface area contributed by atoms with E-state index in [1.54, 1.807) is 0 Å². The summed E-state index contributed by atoms with van der Waals surface area (Å²) >= 11 is 0. The van der Waals surface area contributed by atoms with E-state index in [2.05, 4.69) is 49.9 Å². The maximum Gasteiger partial charge on any atom is 0.0613 e. The van der Waals surface area contributed by atoms with Crippen molar-refractivity contribution in [2.24, 2.45) is 0 Å². The van der Waals surface area contributed by atoms with Gasteiger partial charge in [-0.1, -0.05) is 13.8 Å². The van der Waals surface area contributed by atoms with Gasteiger partial charge in [0.25, 0.3) is 0 Å². The summed E-state index contributed by atoms with van der Waals surface area (Å²) in [6.45, 7) is 11.6. The van der Waals surface area contributed by atoms with Crippen LogP contribution in [0.1, 0.15) is 53.4 Å². The normalized spacial score (nSPS) is 39.9. The lowest BCUT2D eigenvalue weighted by atomic mass is 9.78. The first-order chi connectivity index (χ1) is 9.87. The van der Waals surface area contributed by atoms with Crippen molar-refractivity contribution in [2.45, 2.75) is 83.1 Å². The van der Waals surface area contributed by atoms with Crippen molar-refractivity contribution in [3.8, 4) is 0 Å². The molecule has 4 nitrogen and oxygen atoms in total. The molecule has 1 heterocycles. The number of likely N-dealkylation sites (N-methyl/N-ethyl adjacent to an activating group) is 1. The topological polar surface area (TPSA) is 38.7 Å². The summed E-state index contributed by atoms with van der Waals surface area (Å²) in [4.78, 5) is 5.17. The number of nitrogens with one attached hydrogen (secondary N) is 1. The summed E-state index contributed by atoms with van der Waals surface area (Å²) in [6, 6.07) is 2.30. The quantitative estimate of drug-likeness (QED) is 0.828. The van der Waals surface area contributed by atoms with E-state index in [4.69, 9.17) is 0 Å². The number of rotatable bonds is 4. The van der Waals surface area contributed by atoms with Gasteiger partial charge in [-0.15, -0.1) is 0 Å². The van der Waals surface area contributed by atoms with Crippen LogP contribution in [0.15, 0.2) is 0 Å². The molecule has 1 saturated heterocycles. The first-order valence-corrected chi connectivity index (χ1v) is 8.71. The van der Waals surface area contributed by atoms with E-state index in [9.17, 15) is 5.11 Å². The lowest BCUT2D eigenvalue weighted by Gasteiger charge is -2.50. The summed E-state index contributed by atoms with van der Waals surface area (Å²) in [5, 5.41) is 13.6. The third-order valence-electron chi connectivity index (χ3n) is 5.62. The molecule has 0 aromatic carbocycles. The molecule has 2 N–H and O–H groups in total. The van der Waals surface area contributed by atoms with E-state index in [0.717, 1.165) is 25.9 Å². The molecule has 2 rings (SSSR count). The Morgan fingerprint density at radius 3 is 2.38 bits per heavy atom. The molecule has 0 radical (unpaired) electrons. The van der Waals surface area contributed by atoms with Gasteiger partial charge in [-0.2, -0.15) is 0 Å². The zero-order chi connectivity index (χ0) is 15.6. The standard InChI is InChI=1S/C17H35N3O/c1-13(2)18-17(12-21)8-6-7-16(9-17)20-10-14(3)19(5)15(4)11-20/h13-16,18,21H,6-12H2,1-5H3. The average molecular weight is 297 g/mol. The predicted octanol–water partition coefficient (Wildman–Crippen LogP) is 1.68. The molecule has 4 atom stereocenters. The van der Waals surface area contributed by atoms with Crippen LogP contribution in [-0.4, -0.2) is 71.4 Å². The summed E-state index contributed by atoms with van der Waals surface area (Å²) in [6.07, 6.45) is 4.70. The van der Waals surface area contributed by atoms with Gasteiger partial charge in [0.1, 0.15) is 0 Å². The average Bonchev–Trinajstić information content (AvgIpc) is 2.43. The Bertz CT molecular complexity index is 324. The summed E-state index contributed by atoms with van der Waals surface area (Å²) < 4.78 is 0. The van der Waals surface area contributed by atoms with E-state index < -0.39 is 0 Å². The van der Waals surface area contributed by atoms with E-state index >= 15 is 0 Å². The molecule has 2 aliphatic rings. The number of aliphatic hydroxyl groups excluding tert-OH is 1. The van der Waals surface area contributed by atoms with Crippen LogP contribution in [0.2, 0.25) is 0 Å². The Morgan fingerprint density at radius 1 is 1.24 bits per heavy atom. The monoisotopic (exact) mass is 297 g/mol. The van der Waals surface area contributed by atoms with Gasteiger partial charge >= 0.3 is 0 Å². The van der Waals surface area contributed by atoms with Crippen molar-refractivity contribution in [2.75, 3.05) is 26.7 Å². The summed E-state index contributed by atoms with van der Waals surface area (Å²) in [7, 11) is 2.24. The lowest BCUT2D eigenvalue weighted by molar-refractivity contribution is -0.00276. The van der Waals surface area contributed by atoms with Gasteiger partial charge < -0.3 is 10.4 Å². The van der Waals surface area contributed by atoms with Crippen molar-refractivity contribution >= 4 is 0 Å². The summed E-state index contributed by atoms with van der Waals surface area (Å²) in [5.74, 6) is 0. The second-order valence-electron chi connectivity index (χ2n) is 7.81. The highest BCUT2D eigenvalue weighted by molar-refractivity contribution is 4.99. The van der Waals surface area contributed by atoms with Gasteiger partial charge in [-0.3, -0.25) is 9.80 Å². The molecule has 21 heavy (non-hydrogen) atoms.